The zero-order valence-corrected chi connectivity index (χ0v) is 10.5. The van der Waals surface area contributed by atoms with Gasteiger partial charge in [-0.2, -0.15) is 4.31 Å². The number of aliphatic carboxylic acids is 1. The maximum absolute atomic E-state index is 13.3. The molecule has 1 aromatic carbocycles. The highest BCUT2D eigenvalue weighted by Crippen LogP contribution is 2.17. The zero-order chi connectivity index (χ0) is 14.8. The highest BCUT2D eigenvalue weighted by Gasteiger charge is 2.23. The highest BCUT2D eigenvalue weighted by atomic mass is 32.2. The van der Waals surface area contributed by atoms with Gasteiger partial charge in [0.2, 0.25) is 10.0 Å². The van der Waals surface area contributed by atoms with Gasteiger partial charge in [-0.1, -0.05) is 0 Å². The van der Waals surface area contributed by atoms with Crippen LogP contribution in [0.15, 0.2) is 12.1 Å². The second-order valence-corrected chi connectivity index (χ2v) is 5.84. The summed E-state index contributed by atoms with van der Waals surface area (Å²) in [5.74, 6) is -6.38. The highest BCUT2D eigenvalue weighted by molar-refractivity contribution is 7.88. The van der Waals surface area contributed by atoms with E-state index in [1.54, 1.807) is 0 Å². The maximum atomic E-state index is 13.3. The Morgan fingerprint density at radius 2 is 1.74 bits per heavy atom. The Morgan fingerprint density at radius 1 is 1.21 bits per heavy atom. The molecule has 0 heterocycles. The van der Waals surface area contributed by atoms with Crippen LogP contribution < -0.4 is 0 Å². The summed E-state index contributed by atoms with van der Waals surface area (Å²) in [6, 6.07) is 0.661. The molecule has 1 rings (SSSR count). The standard InChI is InChI=1S/C10H10F3NO4S/c1-14(4-10(15)16)19(17,18)5-6-2-8(12)9(13)3-7(6)11/h2-3H,4-5H2,1H3,(H,15,16). The van der Waals surface area contributed by atoms with E-state index in [9.17, 15) is 26.4 Å². The van der Waals surface area contributed by atoms with E-state index in [-0.39, 0.29) is 6.07 Å². The fourth-order valence-electron chi connectivity index (χ4n) is 1.27. The van der Waals surface area contributed by atoms with E-state index in [1.807, 2.05) is 0 Å². The fraction of sp³-hybridized carbons (Fsp3) is 0.300. The smallest absolute Gasteiger partial charge is 0.318 e. The van der Waals surface area contributed by atoms with E-state index < -0.39 is 51.3 Å². The van der Waals surface area contributed by atoms with Gasteiger partial charge in [-0.25, -0.2) is 21.6 Å². The van der Waals surface area contributed by atoms with Crippen molar-refractivity contribution in [3.05, 3.63) is 35.1 Å². The molecule has 0 fully saturated rings. The van der Waals surface area contributed by atoms with Crippen LogP contribution in [0.1, 0.15) is 5.56 Å². The summed E-state index contributed by atoms with van der Waals surface area (Å²) >= 11 is 0. The van der Waals surface area contributed by atoms with Gasteiger partial charge in [-0.3, -0.25) is 4.79 Å². The second-order valence-electron chi connectivity index (χ2n) is 3.76. The average molecular weight is 297 g/mol. The number of nitrogens with zero attached hydrogens (tertiary/aromatic N) is 1. The summed E-state index contributed by atoms with van der Waals surface area (Å²) < 4.78 is 62.7. The predicted molar refractivity (Wildman–Crippen MR) is 59.2 cm³/mol. The van der Waals surface area contributed by atoms with Crippen molar-refractivity contribution in [2.75, 3.05) is 13.6 Å². The second kappa shape index (κ2) is 5.57. The number of rotatable bonds is 5. The van der Waals surface area contributed by atoms with Crippen molar-refractivity contribution in [1.82, 2.24) is 4.31 Å². The summed E-state index contributed by atoms with van der Waals surface area (Å²) in [6.45, 7) is -0.812. The number of carboxylic acid groups (broad SMARTS) is 1. The Kier molecular flexibility index (Phi) is 4.53. The molecular formula is C10H10F3NO4S. The quantitative estimate of drug-likeness (QED) is 0.821. The van der Waals surface area contributed by atoms with E-state index >= 15 is 0 Å². The lowest BCUT2D eigenvalue weighted by atomic mass is 10.2. The number of hydrogen-bond donors (Lipinski definition) is 1. The van der Waals surface area contributed by atoms with Crippen LogP contribution >= 0.6 is 0 Å². The number of likely N-dealkylation sites (N-methyl/N-ethyl adjacent to an activating group) is 1. The van der Waals surface area contributed by atoms with Gasteiger partial charge in [0.05, 0.1) is 5.75 Å². The minimum Gasteiger partial charge on any atom is -0.480 e. The van der Waals surface area contributed by atoms with E-state index in [1.165, 1.54) is 0 Å². The van der Waals surface area contributed by atoms with E-state index in [4.69, 9.17) is 5.11 Å². The third-order valence-corrected chi connectivity index (χ3v) is 4.01. The van der Waals surface area contributed by atoms with E-state index in [0.717, 1.165) is 7.05 Å². The summed E-state index contributed by atoms with van der Waals surface area (Å²) in [5, 5.41) is 8.46. The molecule has 0 aliphatic heterocycles. The summed E-state index contributed by atoms with van der Waals surface area (Å²) in [6.07, 6.45) is 0. The number of halogens is 3. The van der Waals surface area contributed by atoms with Crippen molar-refractivity contribution in [2.24, 2.45) is 0 Å². The topological polar surface area (TPSA) is 74.7 Å². The minimum atomic E-state index is -4.14. The summed E-state index contributed by atoms with van der Waals surface area (Å²) in [4.78, 5) is 10.4. The van der Waals surface area contributed by atoms with Crippen LogP contribution in [0.2, 0.25) is 0 Å². The van der Waals surface area contributed by atoms with Gasteiger partial charge >= 0.3 is 5.97 Å². The Morgan fingerprint density at radius 3 is 2.26 bits per heavy atom. The number of benzene rings is 1. The lowest BCUT2D eigenvalue weighted by molar-refractivity contribution is -0.137. The minimum absolute atomic E-state index is 0.234. The SMILES string of the molecule is CN(CC(=O)O)S(=O)(=O)Cc1cc(F)c(F)cc1F. The van der Waals surface area contributed by atoms with Crippen molar-refractivity contribution in [3.8, 4) is 0 Å². The molecule has 0 aliphatic rings. The molecule has 0 unspecified atom stereocenters. The Hall–Kier alpha value is -1.61. The molecule has 106 valence electrons. The molecule has 0 saturated carbocycles. The Labute approximate surface area is 107 Å². The van der Waals surface area contributed by atoms with Crippen LogP contribution in [-0.4, -0.2) is 37.4 Å². The summed E-state index contributed by atoms with van der Waals surface area (Å²) in [7, 11) is -3.15. The van der Waals surface area contributed by atoms with Gasteiger partial charge in [0, 0.05) is 18.7 Å². The molecule has 1 N–H and O–H groups in total. The van der Waals surface area contributed by atoms with Gasteiger partial charge in [0.25, 0.3) is 0 Å². The first-order valence-corrected chi connectivity index (χ1v) is 6.53. The first-order chi connectivity index (χ1) is 8.63. The van der Waals surface area contributed by atoms with Crippen molar-refractivity contribution in [1.29, 1.82) is 0 Å². The van der Waals surface area contributed by atoms with Crippen LogP contribution in [0.3, 0.4) is 0 Å². The third kappa shape index (κ3) is 3.93. The van der Waals surface area contributed by atoms with Crippen LogP contribution in [0.5, 0.6) is 0 Å². The van der Waals surface area contributed by atoms with Crippen LogP contribution in [0.25, 0.3) is 0 Å². The van der Waals surface area contributed by atoms with Crippen molar-refractivity contribution in [2.45, 2.75) is 5.75 Å². The molecule has 9 heteroatoms. The maximum Gasteiger partial charge on any atom is 0.318 e. The molecule has 0 bridgehead atoms. The molecule has 0 saturated heterocycles. The van der Waals surface area contributed by atoms with Crippen molar-refractivity contribution in [3.63, 3.8) is 0 Å². The molecule has 19 heavy (non-hydrogen) atoms. The molecule has 0 aliphatic carbocycles. The van der Waals surface area contributed by atoms with Crippen molar-refractivity contribution >= 4 is 16.0 Å². The van der Waals surface area contributed by atoms with Crippen molar-refractivity contribution < 1.29 is 31.5 Å². The molecule has 5 nitrogen and oxygen atoms in total. The molecule has 0 radical (unpaired) electrons. The molecule has 0 aromatic heterocycles. The molecule has 1 aromatic rings. The van der Waals surface area contributed by atoms with E-state index in [2.05, 4.69) is 0 Å². The number of carboxylic acids is 1. The molecule has 0 amide bonds. The molecule has 0 atom stereocenters. The number of hydrogen-bond acceptors (Lipinski definition) is 3. The normalized spacial score (nSPS) is 11.8. The first kappa shape index (κ1) is 15.4. The zero-order valence-electron chi connectivity index (χ0n) is 9.73. The number of sulfonamides is 1. The van der Waals surface area contributed by atoms with Gasteiger partial charge < -0.3 is 5.11 Å². The molecular weight excluding hydrogens is 287 g/mol. The van der Waals surface area contributed by atoms with Gasteiger partial charge in [0.1, 0.15) is 12.4 Å². The van der Waals surface area contributed by atoms with Crippen LogP contribution in [-0.2, 0) is 20.6 Å². The lowest BCUT2D eigenvalue weighted by Crippen LogP contribution is -2.33. The predicted octanol–water partition coefficient (Wildman–Crippen LogP) is 0.950. The van der Waals surface area contributed by atoms with Gasteiger partial charge in [-0.15, -0.1) is 0 Å². The first-order valence-electron chi connectivity index (χ1n) is 4.92. The van der Waals surface area contributed by atoms with Crippen LogP contribution in [0, 0.1) is 17.5 Å². The van der Waals surface area contributed by atoms with Crippen LogP contribution in [0.4, 0.5) is 13.2 Å². The lowest BCUT2D eigenvalue weighted by Gasteiger charge is -2.15. The number of carbonyl (C=O) groups is 1. The Bertz CT molecular complexity index is 603. The average Bonchev–Trinajstić information content (AvgIpc) is 2.24. The monoisotopic (exact) mass is 297 g/mol. The van der Waals surface area contributed by atoms with E-state index in [0.29, 0.717) is 10.4 Å². The summed E-state index contributed by atoms with van der Waals surface area (Å²) in [5.41, 5.74) is -0.573. The molecule has 0 spiro atoms. The Balaban J connectivity index is 3.02. The van der Waals surface area contributed by atoms with Gasteiger partial charge in [-0.05, 0) is 6.07 Å². The fourth-order valence-corrected chi connectivity index (χ4v) is 2.41. The largest absolute Gasteiger partial charge is 0.480 e. The third-order valence-electron chi connectivity index (χ3n) is 2.26. The van der Waals surface area contributed by atoms with Gasteiger partial charge in [0.15, 0.2) is 11.6 Å².